The van der Waals surface area contributed by atoms with Crippen LogP contribution in [0.2, 0.25) is 0 Å². The van der Waals surface area contributed by atoms with Crippen molar-refractivity contribution in [2.24, 2.45) is 0 Å². The van der Waals surface area contributed by atoms with Gasteiger partial charge in [-0.15, -0.1) is 0 Å². The molecule has 0 unspecified atom stereocenters. The van der Waals surface area contributed by atoms with Crippen LogP contribution in [0.3, 0.4) is 0 Å². The van der Waals surface area contributed by atoms with Crippen molar-refractivity contribution in [2.45, 2.75) is 33.0 Å². The zero-order chi connectivity index (χ0) is 25.2. The molecule has 1 aliphatic rings. The summed E-state index contributed by atoms with van der Waals surface area (Å²) in [7, 11) is 0. The fourth-order valence-corrected chi connectivity index (χ4v) is 5.12. The number of benzene rings is 3. The minimum Gasteiger partial charge on any atom is -0.488 e. The number of thioether (sulfide) groups is 1. The van der Waals surface area contributed by atoms with E-state index < -0.39 is 29.3 Å². The maximum Gasteiger partial charge on any atom is 0.326 e. The lowest BCUT2D eigenvalue weighted by molar-refractivity contribution is -0.156. The van der Waals surface area contributed by atoms with Gasteiger partial charge in [-0.3, -0.25) is 19.3 Å². The van der Waals surface area contributed by atoms with Gasteiger partial charge in [-0.25, -0.2) is 0 Å². The summed E-state index contributed by atoms with van der Waals surface area (Å²) in [4.78, 5) is 38.3. The molecule has 4 rings (SSSR count). The van der Waals surface area contributed by atoms with Crippen LogP contribution in [0.1, 0.15) is 31.9 Å². The van der Waals surface area contributed by atoms with Crippen LogP contribution in [-0.2, 0) is 20.9 Å². The second kappa shape index (κ2) is 10.4. The Hall–Kier alpha value is -2.85. The fraction of sp³-hybridized carbons (Fsp3) is 0.222. The van der Waals surface area contributed by atoms with Crippen molar-refractivity contribution in [1.82, 2.24) is 4.90 Å². The highest BCUT2D eigenvalue weighted by Crippen LogP contribution is 2.33. The van der Waals surface area contributed by atoms with E-state index in [9.17, 15) is 14.4 Å². The van der Waals surface area contributed by atoms with E-state index in [1.165, 1.54) is 5.39 Å². The number of ether oxygens (including phenoxy) is 2. The van der Waals surface area contributed by atoms with Crippen LogP contribution in [0, 0.1) is 3.57 Å². The number of imide groups is 1. The van der Waals surface area contributed by atoms with E-state index in [-0.39, 0.29) is 4.91 Å². The van der Waals surface area contributed by atoms with E-state index in [1.54, 1.807) is 26.8 Å². The second-order valence-electron chi connectivity index (χ2n) is 8.97. The molecule has 2 amide bonds. The molecule has 0 atom stereocenters. The van der Waals surface area contributed by atoms with Gasteiger partial charge in [0.2, 0.25) is 0 Å². The van der Waals surface area contributed by atoms with Crippen molar-refractivity contribution in [3.05, 3.63) is 80.3 Å². The highest BCUT2D eigenvalue weighted by atomic mass is 127. The van der Waals surface area contributed by atoms with Gasteiger partial charge in [-0.05, 0) is 95.2 Å². The summed E-state index contributed by atoms with van der Waals surface area (Å²) in [5.41, 5.74) is 1.17. The van der Waals surface area contributed by atoms with Crippen LogP contribution in [0.25, 0.3) is 16.8 Å². The molecule has 0 radical (unpaired) electrons. The van der Waals surface area contributed by atoms with Gasteiger partial charge in [0.15, 0.2) is 0 Å². The number of carbonyl (C=O) groups excluding carboxylic acids is 3. The molecule has 0 bridgehead atoms. The number of esters is 1. The lowest BCUT2D eigenvalue weighted by Gasteiger charge is -2.21. The molecule has 1 saturated heterocycles. The van der Waals surface area contributed by atoms with Crippen LogP contribution in [-0.4, -0.2) is 34.2 Å². The Morgan fingerprint density at radius 3 is 2.54 bits per heavy atom. The predicted molar refractivity (Wildman–Crippen MR) is 146 cm³/mol. The Balaban J connectivity index is 1.44. The lowest BCUT2D eigenvalue weighted by atomic mass is 10.1. The van der Waals surface area contributed by atoms with Gasteiger partial charge in [-0.2, -0.15) is 0 Å². The zero-order valence-electron chi connectivity index (χ0n) is 19.5. The minimum absolute atomic E-state index is 0.263. The van der Waals surface area contributed by atoms with Crippen molar-refractivity contribution in [2.75, 3.05) is 6.54 Å². The molecular formula is C27H24INO5S. The number of rotatable bonds is 6. The molecule has 6 nitrogen and oxygen atoms in total. The molecule has 8 heteroatoms. The van der Waals surface area contributed by atoms with Crippen molar-refractivity contribution in [3.63, 3.8) is 0 Å². The number of carbonyl (C=O) groups is 3. The molecule has 0 aromatic heterocycles. The predicted octanol–water partition coefficient (Wildman–Crippen LogP) is 6.40. The number of nitrogens with zero attached hydrogens (tertiary/aromatic N) is 1. The third kappa shape index (κ3) is 6.24. The number of amides is 2. The van der Waals surface area contributed by atoms with E-state index in [0.29, 0.717) is 6.61 Å². The van der Waals surface area contributed by atoms with Gasteiger partial charge in [0, 0.05) is 0 Å². The Labute approximate surface area is 221 Å². The van der Waals surface area contributed by atoms with Crippen LogP contribution >= 0.6 is 34.4 Å². The summed E-state index contributed by atoms with van der Waals surface area (Å²) in [6.45, 7) is 5.22. The average Bonchev–Trinajstić information content (AvgIpc) is 3.04. The van der Waals surface area contributed by atoms with E-state index in [4.69, 9.17) is 9.47 Å². The first-order chi connectivity index (χ1) is 16.6. The van der Waals surface area contributed by atoms with Gasteiger partial charge in [0.05, 0.1) is 8.48 Å². The molecule has 1 heterocycles. The van der Waals surface area contributed by atoms with Crippen molar-refractivity contribution < 1.29 is 23.9 Å². The second-order valence-corrected chi connectivity index (χ2v) is 11.1. The molecule has 1 fully saturated rings. The SMILES string of the molecule is CC(C)(C)OC(=O)CN1C(=O)SC(=Cc2ccc(OCc3cccc4ccccc34)c(I)c2)C1=O. The molecule has 3 aromatic carbocycles. The van der Waals surface area contributed by atoms with Crippen molar-refractivity contribution in [1.29, 1.82) is 0 Å². The highest BCUT2D eigenvalue weighted by Gasteiger charge is 2.37. The molecule has 0 saturated carbocycles. The molecular weight excluding hydrogens is 577 g/mol. The third-order valence-corrected chi connectivity index (χ3v) is 6.85. The standard InChI is InChI=1S/C27H24INO5S/c1-27(2,3)34-24(30)15-29-25(31)23(35-26(29)32)14-17-11-12-22(21(28)13-17)33-16-19-9-6-8-18-7-4-5-10-20(18)19/h4-14H,15-16H2,1-3H3. The number of hydrogen-bond donors (Lipinski definition) is 0. The van der Waals surface area contributed by atoms with Crippen LogP contribution < -0.4 is 4.74 Å². The Morgan fingerprint density at radius 2 is 1.80 bits per heavy atom. The summed E-state index contributed by atoms with van der Waals surface area (Å²) in [5.74, 6) is -0.394. The van der Waals surface area contributed by atoms with Crippen LogP contribution in [0.15, 0.2) is 65.6 Å². The van der Waals surface area contributed by atoms with Crippen LogP contribution in [0.4, 0.5) is 4.79 Å². The van der Waals surface area contributed by atoms with E-state index in [1.807, 2.05) is 36.4 Å². The highest BCUT2D eigenvalue weighted by molar-refractivity contribution is 14.1. The Bertz CT molecular complexity index is 1340. The topological polar surface area (TPSA) is 72.9 Å². The summed E-state index contributed by atoms with van der Waals surface area (Å²) in [6, 6.07) is 19.9. The first kappa shape index (κ1) is 25.2. The molecule has 0 N–H and O–H groups in total. The molecule has 1 aliphatic heterocycles. The van der Waals surface area contributed by atoms with E-state index in [0.717, 1.165) is 42.5 Å². The van der Waals surface area contributed by atoms with Gasteiger partial charge < -0.3 is 9.47 Å². The number of hydrogen-bond acceptors (Lipinski definition) is 6. The molecule has 0 spiro atoms. The van der Waals surface area contributed by atoms with Crippen molar-refractivity contribution in [3.8, 4) is 5.75 Å². The molecule has 35 heavy (non-hydrogen) atoms. The summed E-state index contributed by atoms with van der Waals surface area (Å²) in [6.07, 6.45) is 1.65. The maximum absolute atomic E-state index is 12.7. The molecule has 180 valence electrons. The molecule has 0 aliphatic carbocycles. The summed E-state index contributed by atoms with van der Waals surface area (Å²) < 4.78 is 12.2. The monoisotopic (exact) mass is 601 g/mol. The van der Waals surface area contributed by atoms with Gasteiger partial charge in [0.1, 0.15) is 24.5 Å². The van der Waals surface area contributed by atoms with Gasteiger partial charge >= 0.3 is 5.97 Å². The van der Waals surface area contributed by atoms with Crippen molar-refractivity contribution >= 4 is 68.3 Å². The van der Waals surface area contributed by atoms with E-state index >= 15 is 0 Å². The third-order valence-electron chi connectivity index (χ3n) is 5.10. The fourth-order valence-electron chi connectivity index (χ4n) is 3.59. The Kier molecular flexibility index (Phi) is 7.51. The first-order valence-electron chi connectivity index (χ1n) is 11.0. The largest absolute Gasteiger partial charge is 0.488 e. The maximum atomic E-state index is 12.7. The van der Waals surface area contributed by atoms with E-state index in [2.05, 4.69) is 46.9 Å². The Morgan fingerprint density at radius 1 is 1.06 bits per heavy atom. The first-order valence-corrected chi connectivity index (χ1v) is 12.9. The van der Waals surface area contributed by atoms with Gasteiger partial charge in [-0.1, -0.05) is 48.5 Å². The number of fused-ring (bicyclic) bond motifs is 1. The molecule has 3 aromatic rings. The normalized spacial score (nSPS) is 15.2. The summed E-state index contributed by atoms with van der Waals surface area (Å²) in [5, 5.41) is 1.83. The van der Waals surface area contributed by atoms with Crippen LogP contribution in [0.5, 0.6) is 5.75 Å². The quantitative estimate of drug-likeness (QED) is 0.185. The smallest absolute Gasteiger partial charge is 0.326 e. The summed E-state index contributed by atoms with van der Waals surface area (Å²) >= 11 is 3.00. The van der Waals surface area contributed by atoms with Gasteiger partial charge in [0.25, 0.3) is 11.1 Å². The lowest BCUT2D eigenvalue weighted by Crippen LogP contribution is -2.37. The number of halogens is 1. The average molecular weight is 601 g/mol. The zero-order valence-corrected chi connectivity index (χ0v) is 22.5. The minimum atomic E-state index is -0.692.